The zero-order chi connectivity index (χ0) is 13.7. The number of hydrogen-bond donors (Lipinski definition) is 1. The molecule has 0 aliphatic heterocycles. The summed E-state index contributed by atoms with van der Waals surface area (Å²) in [6.07, 6.45) is 1.06. The number of ether oxygens (including phenoxy) is 1. The van der Waals surface area contributed by atoms with E-state index in [1.54, 1.807) is 7.11 Å². The number of rotatable bonds is 7. The quantitative estimate of drug-likeness (QED) is 0.775. The highest BCUT2D eigenvalue weighted by molar-refractivity contribution is 7.71. The van der Waals surface area contributed by atoms with Crippen molar-refractivity contribution < 1.29 is 4.74 Å². The molecule has 0 aromatic carbocycles. The van der Waals surface area contributed by atoms with Crippen LogP contribution in [0.15, 0.2) is 0 Å². The molecule has 0 fully saturated rings. The largest absolute Gasteiger partial charge is 0.383 e. The molecule has 1 rings (SSSR count). The van der Waals surface area contributed by atoms with Crippen molar-refractivity contribution in [2.24, 2.45) is 0 Å². The van der Waals surface area contributed by atoms with Crippen LogP contribution in [0.2, 0.25) is 0 Å². The lowest BCUT2D eigenvalue weighted by atomic mass is 10.2. The molecular formula is C12H24N4OS. The topological polar surface area (TPSA) is 46.1 Å². The van der Waals surface area contributed by atoms with Crippen LogP contribution in [0.3, 0.4) is 0 Å². The maximum absolute atomic E-state index is 5.29. The molecule has 0 saturated heterocycles. The predicted molar refractivity (Wildman–Crippen MR) is 76.8 cm³/mol. The fourth-order valence-electron chi connectivity index (χ4n) is 1.89. The molecule has 104 valence electrons. The fourth-order valence-corrected chi connectivity index (χ4v) is 2.23. The Hall–Kier alpha value is -0.880. The lowest BCUT2D eigenvalue weighted by Crippen LogP contribution is -2.37. The lowest BCUT2D eigenvalue weighted by molar-refractivity contribution is 0.202. The van der Waals surface area contributed by atoms with Crippen LogP contribution in [-0.4, -0.2) is 41.1 Å². The van der Waals surface area contributed by atoms with E-state index in [1.807, 2.05) is 0 Å². The van der Waals surface area contributed by atoms with Crippen molar-refractivity contribution in [1.29, 1.82) is 0 Å². The number of nitrogens with one attached hydrogen (secondary N) is 1. The molecule has 0 amide bonds. The minimum atomic E-state index is 0.292. The minimum Gasteiger partial charge on any atom is -0.383 e. The van der Waals surface area contributed by atoms with Gasteiger partial charge in [-0.05, 0) is 39.4 Å². The molecule has 1 aromatic rings. The van der Waals surface area contributed by atoms with Gasteiger partial charge in [-0.15, -0.1) is 5.10 Å². The van der Waals surface area contributed by atoms with Gasteiger partial charge >= 0.3 is 0 Å². The van der Waals surface area contributed by atoms with Gasteiger partial charge in [0.15, 0.2) is 4.77 Å². The summed E-state index contributed by atoms with van der Waals surface area (Å²) in [5.41, 5.74) is 0. The summed E-state index contributed by atoms with van der Waals surface area (Å²) >= 11 is 5.29. The van der Waals surface area contributed by atoms with E-state index in [-0.39, 0.29) is 0 Å². The molecule has 0 radical (unpaired) electrons. The standard InChI is InChI=1S/C12H24N4OS/c1-6-10(4)15(7-8-17-5)11-13-14-12(18)16(11)9(2)3/h9-10H,6-8H2,1-5H3,(H,14,18). The molecule has 0 aliphatic carbocycles. The Labute approximate surface area is 114 Å². The highest BCUT2D eigenvalue weighted by Gasteiger charge is 2.20. The molecule has 0 bridgehead atoms. The first-order chi connectivity index (χ1) is 8.52. The Balaban J connectivity index is 3.08. The van der Waals surface area contributed by atoms with Crippen molar-refractivity contribution in [3.63, 3.8) is 0 Å². The second-order valence-corrected chi connectivity index (χ2v) is 5.12. The number of anilines is 1. The summed E-state index contributed by atoms with van der Waals surface area (Å²) in [5, 5.41) is 7.26. The summed E-state index contributed by atoms with van der Waals surface area (Å²) in [5.74, 6) is 0.904. The SMILES string of the molecule is CCC(C)N(CCOC)c1n[nH]c(=S)n1C(C)C. The van der Waals surface area contributed by atoms with Crippen molar-refractivity contribution >= 4 is 18.2 Å². The van der Waals surface area contributed by atoms with Gasteiger partial charge in [-0.3, -0.25) is 4.57 Å². The van der Waals surface area contributed by atoms with Crippen LogP contribution in [0.4, 0.5) is 5.95 Å². The van der Waals surface area contributed by atoms with Gasteiger partial charge in [0.2, 0.25) is 5.95 Å². The van der Waals surface area contributed by atoms with E-state index in [0.29, 0.717) is 23.5 Å². The summed E-state index contributed by atoms with van der Waals surface area (Å²) in [7, 11) is 1.72. The first kappa shape index (κ1) is 15.2. The molecule has 6 heteroatoms. The van der Waals surface area contributed by atoms with E-state index in [4.69, 9.17) is 17.0 Å². The van der Waals surface area contributed by atoms with Gasteiger partial charge in [-0.25, -0.2) is 5.10 Å². The Morgan fingerprint density at radius 3 is 2.61 bits per heavy atom. The summed E-state index contributed by atoms with van der Waals surface area (Å²) in [6.45, 7) is 10.1. The predicted octanol–water partition coefficient (Wildman–Crippen LogP) is 2.77. The van der Waals surface area contributed by atoms with Gasteiger partial charge in [-0.1, -0.05) is 6.92 Å². The van der Waals surface area contributed by atoms with E-state index in [9.17, 15) is 0 Å². The second-order valence-electron chi connectivity index (χ2n) is 4.74. The number of H-pyrrole nitrogens is 1. The molecule has 1 aromatic heterocycles. The van der Waals surface area contributed by atoms with Crippen molar-refractivity contribution in [2.75, 3.05) is 25.2 Å². The van der Waals surface area contributed by atoms with E-state index >= 15 is 0 Å². The molecule has 18 heavy (non-hydrogen) atoms. The molecular weight excluding hydrogens is 248 g/mol. The van der Waals surface area contributed by atoms with Crippen LogP contribution in [0.1, 0.15) is 40.2 Å². The second kappa shape index (κ2) is 6.89. The number of methoxy groups -OCH3 is 1. The monoisotopic (exact) mass is 272 g/mol. The van der Waals surface area contributed by atoms with Gasteiger partial charge in [0.25, 0.3) is 0 Å². The molecule has 0 saturated carbocycles. The average molecular weight is 272 g/mol. The van der Waals surface area contributed by atoms with E-state index in [2.05, 4.69) is 47.4 Å². The third-order valence-corrected chi connectivity index (χ3v) is 3.41. The van der Waals surface area contributed by atoms with Gasteiger partial charge in [0.1, 0.15) is 0 Å². The normalized spacial score (nSPS) is 13.0. The van der Waals surface area contributed by atoms with Gasteiger partial charge in [0, 0.05) is 25.7 Å². The van der Waals surface area contributed by atoms with Crippen LogP contribution in [0.5, 0.6) is 0 Å². The van der Waals surface area contributed by atoms with Crippen LogP contribution in [-0.2, 0) is 4.74 Å². The molecule has 0 spiro atoms. The maximum atomic E-state index is 5.29. The molecule has 1 unspecified atom stereocenters. The first-order valence-corrected chi connectivity index (χ1v) is 6.86. The fraction of sp³-hybridized carbons (Fsp3) is 0.833. The number of hydrogen-bond acceptors (Lipinski definition) is 4. The molecule has 5 nitrogen and oxygen atoms in total. The van der Waals surface area contributed by atoms with Gasteiger partial charge < -0.3 is 9.64 Å². The smallest absolute Gasteiger partial charge is 0.226 e. The molecule has 1 N–H and O–H groups in total. The third-order valence-electron chi connectivity index (χ3n) is 3.12. The van der Waals surface area contributed by atoms with Gasteiger partial charge in [-0.2, -0.15) is 0 Å². The minimum absolute atomic E-state index is 0.292. The Morgan fingerprint density at radius 2 is 2.11 bits per heavy atom. The van der Waals surface area contributed by atoms with Crippen LogP contribution in [0, 0.1) is 4.77 Å². The van der Waals surface area contributed by atoms with Crippen LogP contribution in [0.25, 0.3) is 0 Å². The molecule has 1 atom stereocenters. The van der Waals surface area contributed by atoms with Crippen LogP contribution < -0.4 is 4.90 Å². The molecule has 0 aliphatic rings. The van der Waals surface area contributed by atoms with E-state index in [1.165, 1.54) is 0 Å². The first-order valence-electron chi connectivity index (χ1n) is 6.45. The Kier molecular flexibility index (Phi) is 5.81. The van der Waals surface area contributed by atoms with Crippen LogP contribution >= 0.6 is 12.2 Å². The summed E-state index contributed by atoms with van der Waals surface area (Å²) < 4.78 is 7.91. The summed E-state index contributed by atoms with van der Waals surface area (Å²) in [6, 6.07) is 0.697. The lowest BCUT2D eigenvalue weighted by Gasteiger charge is -2.30. The number of aromatic amines is 1. The Bertz CT molecular complexity index is 412. The number of aromatic nitrogens is 3. The Morgan fingerprint density at radius 1 is 1.44 bits per heavy atom. The highest BCUT2D eigenvalue weighted by atomic mass is 32.1. The van der Waals surface area contributed by atoms with E-state index < -0.39 is 0 Å². The zero-order valence-electron chi connectivity index (χ0n) is 11.9. The van der Waals surface area contributed by atoms with Crippen molar-refractivity contribution in [3.05, 3.63) is 4.77 Å². The molecule has 1 heterocycles. The average Bonchev–Trinajstić information content (AvgIpc) is 2.71. The van der Waals surface area contributed by atoms with Crippen molar-refractivity contribution in [2.45, 2.75) is 46.2 Å². The zero-order valence-corrected chi connectivity index (χ0v) is 12.8. The van der Waals surface area contributed by atoms with Crippen molar-refractivity contribution in [1.82, 2.24) is 14.8 Å². The third kappa shape index (κ3) is 3.32. The summed E-state index contributed by atoms with van der Waals surface area (Å²) in [4.78, 5) is 2.25. The van der Waals surface area contributed by atoms with Gasteiger partial charge in [0.05, 0.1) is 6.61 Å². The van der Waals surface area contributed by atoms with E-state index in [0.717, 1.165) is 18.9 Å². The number of nitrogens with zero attached hydrogens (tertiary/aromatic N) is 3. The maximum Gasteiger partial charge on any atom is 0.226 e. The van der Waals surface area contributed by atoms with Crippen molar-refractivity contribution in [3.8, 4) is 0 Å². The highest BCUT2D eigenvalue weighted by Crippen LogP contribution is 2.20.